The fourth-order valence-corrected chi connectivity index (χ4v) is 0.128. The zero-order valence-corrected chi connectivity index (χ0v) is 3.89. The van der Waals surface area contributed by atoms with E-state index in [0.717, 1.165) is 0 Å². The third kappa shape index (κ3) is 4.87. The van der Waals surface area contributed by atoms with E-state index in [-0.39, 0.29) is 0 Å². The van der Waals surface area contributed by atoms with Crippen molar-refractivity contribution in [3.05, 3.63) is 0 Å². The van der Waals surface area contributed by atoms with Gasteiger partial charge in [-0.1, -0.05) is 0 Å². The number of hydrogen-bond donors (Lipinski definition) is 1. The maximum absolute atomic E-state index is 11.1. The number of carbonyl (C=O) groups is 2. The van der Waals surface area contributed by atoms with Gasteiger partial charge in [0.2, 0.25) is 0 Å². The van der Waals surface area contributed by atoms with E-state index in [4.69, 9.17) is 0 Å². The quantitative estimate of drug-likeness (QED) is 0.504. The average molecular weight is 121 g/mol. The first kappa shape index (κ1) is 6.87. The van der Waals surface area contributed by atoms with Crippen molar-refractivity contribution >= 4 is 12.1 Å². The van der Waals surface area contributed by atoms with Crippen molar-refractivity contribution in [3.63, 3.8) is 0 Å². The molecule has 0 heterocycles. The highest BCUT2D eigenvalue weighted by Gasteiger charge is 1.99. The molecule has 0 atom stereocenters. The molecule has 0 aliphatic heterocycles. The highest BCUT2D eigenvalue weighted by atomic mass is 19.1. The van der Waals surface area contributed by atoms with Gasteiger partial charge in [0.15, 0.2) is 6.61 Å². The van der Waals surface area contributed by atoms with Gasteiger partial charge in [-0.3, -0.25) is 4.79 Å². The molecule has 0 aromatic rings. The molecule has 0 aromatic carbocycles. The second-order valence-electron chi connectivity index (χ2n) is 0.963. The molecule has 0 saturated carbocycles. The Morgan fingerprint density at radius 2 is 2.12 bits per heavy atom. The van der Waals surface area contributed by atoms with Crippen molar-refractivity contribution in [1.82, 2.24) is 0 Å². The van der Waals surface area contributed by atoms with Crippen LogP contribution in [0.2, 0.25) is 0 Å². The standard InChI is InChI=1S/C3H4FNO3/c4-2(6)1-8-3(5)7/h1H2,(H2,5,7). The Bertz CT molecular complexity index is 99.1. The van der Waals surface area contributed by atoms with Gasteiger partial charge in [-0.25, -0.2) is 4.79 Å². The third-order valence-electron chi connectivity index (χ3n) is 0.328. The molecule has 0 aromatic heterocycles. The molecule has 5 heteroatoms. The Hall–Kier alpha value is -1.13. The number of ether oxygens (including phenoxy) is 1. The highest BCUT2D eigenvalue weighted by molar-refractivity contribution is 5.73. The topological polar surface area (TPSA) is 69.4 Å². The molecule has 2 N–H and O–H groups in total. The lowest BCUT2D eigenvalue weighted by Gasteiger charge is -1.90. The van der Waals surface area contributed by atoms with Gasteiger partial charge >= 0.3 is 12.1 Å². The lowest BCUT2D eigenvalue weighted by atomic mass is 10.8. The first-order valence-corrected chi connectivity index (χ1v) is 1.73. The van der Waals surface area contributed by atoms with Gasteiger partial charge in [0, 0.05) is 0 Å². The van der Waals surface area contributed by atoms with Crippen LogP contribution >= 0.6 is 0 Å². The summed E-state index contributed by atoms with van der Waals surface area (Å²) in [7, 11) is 0. The molecule has 0 aliphatic rings. The summed E-state index contributed by atoms with van der Waals surface area (Å²) in [6, 6.07) is -1.72. The average Bonchev–Trinajstić information content (AvgIpc) is 1.61. The maximum Gasteiger partial charge on any atom is 0.405 e. The maximum atomic E-state index is 11.1. The lowest BCUT2D eigenvalue weighted by Crippen LogP contribution is -2.16. The molecule has 0 saturated heterocycles. The summed E-state index contributed by atoms with van der Waals surface area (Å²) in [5.41, 5.74) is 4.36. The Balaban J connectivity index is 3.18. The number of hydrogen-bond acceptors (Lipinski definition) is 3. The van der Waals surface area contributed by atoms with E-state index in [2.05, 4.69) is 10.5 Å². The van der Waals surface area contributed by atoms with Crippen LogP contribution in [-0.4, -0.2) is 18.7 Å². The van der Waals surface area contributed by atoms with Gasteiger partial charge in [-0.2, -0.15) is 4.39 Å². The van der Waals surface area contributed by atoms with Crippen LogP contribution in [0.15, 0.2) is 0 Å². The molecular weight excluding hydrogens is 117 g/mol. The summed E-state index contributed by atoms with van der Waals surface area (Å²) in [5.74, 6) is 0. The molecule has 0 bridgehead atoms. The number of primary amides is 1. The Kier molecular flexibility index (Phi) is 2.53. The van der Waals surface area contributed by atoms with Crippen LogP contribution in [0.25, 0.3) is 0 Å². The predicted octanol–water partition coefficient (Wildman–Crippen LogP) is -0.422. The van der Waals surface area contributed by atoms with Crippen LogP contribution in [0, 0.1) is 0 Å². The van der Waals surface area contributed by atoms with E-state index >= 15 is 0 Å². The van der Waals surface area contributed by atoms with E-state index in [1.165, 1.54) is 0 Å². The number of nitrogens with two attached hydrogens (primary N) is 1. The minimum atomic E-state index is -1.72. The molecule has 0 unspecified atom stereocenters. The van der Waals surface area contributed by atoms with Crippen LogP contribution < -0.4 is 5.73 Å². The molecule has 0 rings (SSSR count). The number of carbonyl (C=O) groups excluding carboxylic acids is 2. The smallest absolute Gasteiger partial charge is 0.405 e. The third-order valence-corrected chi connectivity index (χ3v) is 0.328. The van der Waals surface area contributed by atoms with Crippen LogP contribution in [-0.2, 0) is 9.53 Å². The molecule has 4 nitrogen and oxygen atoms in total. The van der Waals surface area contributed by atoms with Gasteiger partial charge in [0.25, 0.3) is 0 Å². The van der Waals surface area contributed by atoms with Crippen molar-refractivity contribution in [2.75, 3.05) is 6.61 Å². The lowest BCUT2D eigenvalue weighted by molar-refractivity contribution is -0.132. The largest absolute Gasteiger partial charge is 0.439 e. The zero-order valence-electron chi connectivity index (χ0n) is 3.89. The summed E-state index contributed by atoms with van der Waals surface area (Å²) in [6.45, 7) is -0.894. The number of rotatable bonds is 2. The first-order chi connectivity index (χ1) is 3.63. The molecule has 0 fully saturated rings. The number of amides is 1. The molecule has 0 radical (unpaired) electrons. The van der Waals surface area contributed by atoms with Crippen molar-refractivity contribution < 1.29 is 18.7 Å². The summed E-state index contributed by atoms with van der Waals surface area (Å²) in [6.07, 6.45) is -1.16. The second-order valence-corrected chi connectivity index (χ2v) is 0.963. The van der Waals surface area contributed by atoms with Crippen LogP contribution in [0.4, 0.5) is 9.18 Å². The van der Waals surface area contributed by atoms with Gasteiger partial charge in [0.1, 0.15) is 0 Å². The normalized spacial score (nSPS) is 8.12. The fraction of sp³-hybridized carbons (Fsp3) is 0.333. The van der Waals surface area contributed by atoms with Crippen LogP contribution in [0.1, 0.15) is 0 Å². The minimum Gasteiger partial charge on any atom is -0.439 e. The second kappa shape index (κ2) is 2.95. The summed E-state index contributed by atoms with van der Waals surface area (Å²) in [4.78, 5) is 18.9. The van der Waals surface area contributed by atoms with E-state index < -0.39 is 18.7 Å². The molecule has 1 amide bonds. The van der Waals surface area contributed by atoms with E-state index in [9.17, 15) is 14.0 Å². The van der Waals surface area contributed by atoms with Crippen LogP contribution in [0.5, 0.6) is 0 Å². The van der Waals surface area contributed by atoms with Crippen molar-refractivity contribution in [1.29, 1.82) is 0 Å². The monoisotopic (exact) mass is 121 g/mol. The van der Waals surface area contributed by atoms with Crippen molar-refractivity contribution in [2.24, 2.45) is 5.73 Å². The van der Waals surface area contributed by atoms with E-state index in [1.54, 1.807) is 0 Å². The molecule has 46 valence electrons. The van der Waals surface area contributed by atoms with Crippen molar-refractivity contribution in [3.8, 4) is 0 Å². The number of halogens is 1. The van der Waals surface area contributed by atoms with Gasteiger partial charge < -0.3 is 10.5 Å². The molecule has 0 aliphatic carbocycles. The van der Waals surface area contributed by atoms with Crippen molar-refractivity contribution in [2.45, 2.75) is 0 Å². The van der Waals surface area contributed by atoms with E-state index in [0.29, 0.717) is 0 Å². The Morgan fingerprint density at radius 1 is 1.62 bits per heavy atom. The zero-order chi connectivity index (χ0) is 6.57. The van der Waals surface area contributed by atoms with Crippen LogP contribution in [0.3, 0.4) is 0 Å². The summed E-state index contributed by atoms with van der Waals surface area (Å²) >= 11 is 0. The SMILES string of the molecule is NC(=O)OCC(=O)F. The Labute approximate surface area is 44.4 Å². The molecule has 8 heavy (non-hydrogen) atoms. The summed E-state index contributed by atoms with van der Waals surface area (Å²) in [5, 5.41) is 0. The Morgan fingerprint density at radius 3 is 2.25 bits per heavy atom. The fourth-order valence-electron chi connectivity index (χ4n) is 0.128. The van der Waals surface area contributed by atoms with Gasteiger partial charge in [0.05, 0.1) is 0 Å². The summed E-state index contributed by atoms with van der Waals surface area (Å²) < 4.78 is 14.8. The van der Waals surface area contributed by atoms with Gasteiger partial charge in [-0.05, 0) is 0 Å². The highest BCUT2D eigenvalue weighted by Crippen LogP contribution is 1.75. The molecule has 0 spiro atoms. The predicted molar refractivity (Wildman–Crippen MR) is 21.7 cm³/mol. The molecular formula is C3H4FNO3. The first-order valence-electron chi connectivity index (χ1n) is 1.73. The minimum absolute atomic E-state index is 0.894. The van der Waals surface area contributed by atoms with E-state index in [1.807, 2.05) is 0 Å². The van der Waals surface area contributed by atoms with Gasteiger partial charge in [-0.15, -0.1) is 0 Å².